The van der Waals surface area contributed by atoms with Crippen molar-refractivity contribution in [3.05, 3.63) is 12.0 Å². The Morgan fingerprint density at radius 1 is 1.36 bits per heavy atom. The van der Waals surface area contributed by atoms with Crippen LogP contribution >= 0.6 is 0 Å². The summed E-state index contributed by atoms with van der Waals surface area (Å²) in [7, 11) is 0. The van der Waals surface area contributed by atoms with E-state index < -0.39 is 0 Å². The second kappa shape index (κ2) is 8.31. The van der Waals surface area contributed by atoms with Crippen LogP contribution in [-0.4, -0.2) is 40.8 Å². The second-order valence-electron chi connectivity index (χ2n) is 5.14. The number of hydrogen-bond donors (Lipinski definition) is 1. The van der Waals surface area contributed by atoms with Crippen LogP contribution in [0.3, 0.4) is 0 Å². The van der Waals surface area contributed by atoms with E-state index in [0.29, 0.717) is 18.7 Å². The van der Waals surface area contributed by atoms with Crippen molar-refractivity contribution in [2.75, 3.05) is 18.5 Å². The number of imidazole rings is 1. The fourth-order valence-corrected chi connectivity index (χ4v) is 2.36. The summed E-state index contributed by atoms with van der Waals surface area (Å²) in [6.07, 6.45) is 7.55. The Morgan fingerprint density at radius 3 is 3.00 bits per heavy atom. The first-order valence-electron chi connectivity index (χ1n) is 7.71. The highest BCUT2D eigenvalue weighted by Gasteiger charge is 2.18. The molecule has 0 saturated carbocycles. The fraction of sp³-hybridized carbons (Fsp3) is 0.600. The van der Waals surface area contributed by atoms with Crippen molar-refractivity contribution < 1.29 is 14.3 Å². The monoisotopic (exact) mass is 306 g/mol. The van der Waals surface area contributed by atoms with Gasteiger partial charge in [-0.25, -0.2) is 4.98 Å². The number of aryl methyl sites for hydroxylation is 1. The van der Waals surface area contributed by atoms with Crippen molar-refractivity contribution in [1.29, 1.82) is 0 Å². The Balaban J connectivity index is 1.71. The van der Waals surface area contributed by atoms with E-state index in [1.54, 1.807) is 12.7 Å². The molecular weight excluding hydrogens is 284 g/mol. The third-order valence-electron chi connectivity index (χ3n) is 3.46. The minimum absolute atomic E-state index is 0.0653. The molecule has 0 atom stereocenters. The van der Waals surface area contributed by atoms with E-state index in [0.717, 1.165) is 38.0 Å². The standard InChI is InChI=1S/C15H22N4O3/c1-2-22-13(21)7-5-3-4-6-8-19-11-18-14-12(20)9-16-10-17-15(14)19/h10-11H,2-9H2,1H3,(H,16,17). The summed E-state index contributed by atoms with van der Waals surface area (Å²) >= 11 is 0. The van der Waals surface area contributed by atoms with Crippen LogP contribution in [0.1, 0.15) is 49.5 Å². The van der Waals surface area contributed by atoms with Gasteiger partial charge in [-0.1, -0.05) is 12.8 Å². The zero-order valence-electron chi connectivity index (χ0n) is 12.9. The molecule has 2 rings (SSSR count). The van der Waals surface area contributed by atoms with Gasteiger partial charge in [0.25, 0.3) is 0 Å². The third-order valence-corrected chi connectivity index (χ3v) is 3.46. The Hall–Kier alpha value is -2.18. The van der Waals surface area contributed by atoms with Gasteiger partial charge in [0.1, 0.15) is 12.4 Å². The van der Waals surface area contributed by atoms with Crippen LogP contribution in [0.25, 0.3) is 0 Å². The van der Waals surface area contributed by atoms with E-state index in [-0.39, 0.29) is 18.3 Å². The number of Topliss-reactive ketones (excluding diaryl/α,β-unsaturated/α-hetero) is 1. The number of carbonyl (C=O) groups is 2. The van der Waals surface area contributed by atoms with Crippen LogP contribution in [0.2, 0.25) is 0 Å². The summed E-state index contributed by atoms with van der Waals surface area (Å²) in [5.74, 6) is 0.534. The normalized spacial score (nSPS) is 13.4. The number of aliphatic imine (C=N–C) groups is 1. The molecule has 0 fully saturated rings. The van der Waals surface area contributed by atoms with Gasteiger partial charge >= 0.3 is 5.97 Å². The van der Waals surface area contributed by atoms with Crippen molar-refractivity contribution in [3.63, 3.8) is 0 Å². The number of nitrogens with zero attached hydrogens (tertiary/aromatic N) is 3. The maximum absolute atomic E-state index is 11.8. The lowest BCUT2D eigenvalue weighted by Gasteiger charge is -2.07. The number of esters is 1. The second-order valence-corrected chi connectivity index (χ2v) is 5.14. The first kappa shape index (κ1) is 16.2. The lowest BCUT2D eigenvalue weighted by molar-refractivity contribution is -0.143. The molecule has 0 amide bonds. The first-order valence-corrected chi connectivity index (χ1v) is 7.71. The lowest BCUT2D eigenvalue weighted by atomic mass is 10.1. The molecule has 1 aliphatic heterocycles. The summed E-state index contributed by atoms with van der Waals surface area (Å²) in [5.41, 5.74) is 0.458. The van der Waals surface area contributed by atoms with Crippen molar-refractivity contribution in [2.24, 2.45) is 4.99 Å². The summed E-state index contributed by atoms with van der Waals surface area (Å²) in [6.45, 7) is 3.19. The molecule has 1 aromatic rings. The number of ketones is 1. The number of aromatic nitrogens is 2. The SMILES string of the molecule is CCOC(=O)CCCCCCn1cnc2c1NC=NCC2=O. The summed E-state index contributed by atoms with van der Waals surface area (Å²) < 4.78 is 6.83. The van der Waals surface area contributed by atoms with Crippen LogP contribution in [0.5, 0.6) is 0 Å². The molecule has 0 radical (unpaired) electrons. The molecule has 0 spiro atoms. The van der Waals surface area contributed by atoms with Crippen LogP contribution in [0.15, 0.2) is 11.3 Å². The van der Waals surface area contributed by atoms with Gasteiger partial charge in [-0.05, 0) is 19.8 Å². The Morgan fingerprint density at radius 2 is 2.18 bits per heavy atom. The molecule has 120 valence electrons. The van der Waals surface area contributed by atoms with E-state index >= 15 is 0 Å². The van der Waals surface area contributed by atoms with E-state index in [1.165, 1.54) is 0 Å². The minimum Gasteiger partial charge on any atom is -0.466 e. The molecule has 0 bridgehead atoms. The number of carbonyl (C=O) groups excluding carboxylic acids is 2. The fourth-order valence-electron chi connectivity index (χ4n) is 2.36. The van der Waals surface area contributed by atoms with Gasteiger partial charge < -0.3 is 14.6 Å². The molecule has 22 heavy (non-hydrogen) atoms. The Labute approximate surface area is 129 Å². The molecular formula is C15H22N4O3. The van der Waals surface area contributed by atoms with Crippen molar-refractivity contribution in [1.82, 2.24) is 9.55 Å². The van der Waals surface area contributed by atoms with Gasteiger partial charge in [0.05, 0.1) is 19.3 Å². The highest BCUT2D eigenvalue weighted by Crippen LogP contribution is 2.17. The van der Waals surface area contributed by atoms with Crippen LogP contribution in [0, 0.1) is 0 Å². The highest BCUT2D eigenvalue weighted by atomic mass is 16.5. The lowest BCUT2D eigenvalue weighted by Crippen LogP contribution is -2.07. The third kappa shape index (κ3) is 4.41. The zero-order chi connectivity index (χ0) is 15.8. The molecule has 0 unspecified atom stereocenters. The molecule has 2 heterocycles. The Bertz CT molecular complexity index is 551. The van der Waals surface area contributed by atoms with Gasteiger partial charge in [0.15, 0.2) is 5.69 Å². The molecule has 0 saturated heterocycles. The number of unbranched alkanes of at least 4 members (excludes halogenated alkanes) is 3. The predicted molar refractivity (Wildman–Crippen MR) is 83.3 cm³/mol. The predicted octanol–water partition coefficient (Wildman–Crippen LogP) is 2.03. The van der Waals surface area contributed by atoms with E-state index in [4.69, 9.17) is 4.74 Å². The van der Waals surface area contributed by atoms with E-state index in [2.05, 4.69) is 15.3 Å². The smallest absolute Gasteiger partial charge is 0.305 e. The number of ether oxygens (including phenoxy) is 1. The van der Waals surface area contributed by atoms with E-state index in [9.17, 15) is 9.59 Å². The first-order chi connectivity index (χ1) is 10.7. The summed E-state index contributed by atoms with van der Waals surface area (Å²) in [5, 5.41) is 3.01. The largest absolute Gasteiger partial charge is 0.466 e. The molecule has 1 N–H and O–H groups in total. The van der Waals surface area contributed by atoms with Gasteiger partial charge in [0, 0.05) is 13.0 Å². The number of hydrogen-bond acceptors (Lipinski definition) is 6. The van der Waals surface area contributed by atoms with Crippen LogP contribution in [-0.2, 0) is 16.1 Å². The average molecular weight is 306 g/mol. The van der Waals surface area contributed by atoms with Crippen LogP contribution < -0.4 is 5.32 Å². The molecule has 1 aliphatic rings. The number of rotatable bonds is 8. The van der Waals surface area contributed by atoms with Crippen molar-refractivity contribution in [2.45, 2.75) is 45.6 Å². The van der Waals surface area contributed by atoms with E-state index in [1.807, 2.05) is 11.5 Å². The van der Waals surface area contributed by atoms with Gasteiger partial charge in [-0.2, -0.15) is 0 Å². The molecule has 0 aromatic carbocycles. The average Bonchev–Trinajstić information content (AvgIpc) is 2.81. The number of anilines is 1. The van der Waals surface area contributed by atoms with Gasteiger partial charge in [-0.3, -0.25) is 14.6 Å². The minimum atomic E-state index is -0.121. The molecule has 7 heteroatoms. The van der Waals surface area contributed by atoms with Crippen LogP contribution in [0.4, 0.5) is 5.82 Å². The topological polar surface area (TPSA) is 85.6 Å². The zero-order valence-corrected chi connectivity index (χ0v) is 12.9. The molecule has 7 nitrogen and oxygen atoms in total. The Kier molecular flexibility index (Phi) is 6.12. The number of nitrogens with one attached hydrogen (secondary N) is 1. The summed E-state index contributed by atoms with van der Waals surface area (Å²) in [6, 6.07) is 0. The maximum Gasteiger partial charge on any atom is 0.305 e. The van der Waals surface area contributed by atoms with Gasteiger partial charge in [0.2, 0.25) is 5.78 Å². The molecule has 0 aliphatic carbocycles. The van der Waals surface area contributed by atoms with Gasteiger partial charge in [-0.15, -0.1) is 0 Å². The van der Waals surface area contributed by atoms with Crippen molar-refractivity contribution >= 4 is 23.9 Å². The number of fused-ring (bicyclic) bond motifs is 1. The quantitative estimate of drug-likeness (QED) is 0.586. The highest BCUT2D eigenvalue weighted by molar-refractivity contribution is 6.03. The molecule has 1 aromatic heterocycles. The maximum atomic E-state index is 11.8. The van der Waals surface area contributed by atoms with Crippen molar-refractivity contribution in [3.8, 4) is 0 Å². The summed E-state index contributed by atoms with van der Waals surface area (Å²) in [4.78, 5) is 31.1.